The number of hydrogen-bond donors (Lipinski definition) is 1. The molecule has 0 saturated carbocycles. The van der Waals surface area contributed by atoms with E-state index in [9.17, 15) is 0 Å². The van der Waals surface area contributed by atoms with Crippen molar-refractivity contribution in [2.24, 2.45) is 5.41 Å². The smallest absolute Gasteiger partial charge is 0.0795 e. The standard InChI is InChI=1S/C11H20N2S.ClH/c1-5-10(11(2,3)4)12-6-9-7-14-8-13-9;/h7-8,10,12H,5-6H2,1-4H3;1H. The molecule has 88 valence electrons. The van der Waals surface area contributed by atoms with Gasteiger partial charge in [-0.05, 0) is 11.8 Å². The van der Waals surface area contributed by atoms with Crippen LogP contribution in [0, 0.1) is 5.41 Å². The summed E-state index contributed by atoms with van der Waals surface area (Å²) in [6, 6.07) is 0.559. The summed E-state index contributed by atoms with van der Waals surface area (Å²) in [6.45, 7) is 9.93. The quantitative estimate of drug-likeness (QED) is 0.883. The summed E-state index contributed by atoms with van der Waals surface area (Å²) in [4.78, 5) is 4.26. The Hall–Kier alpha value is -0.120. The monoisotopic (exact) mass is 248 g/mol. The highest BCUT2D eigenvalue weighted by Crippen LogP contribution is 2.21. The van der Waals surface area contributed by atoms with Crippen LogP contribution in [0.15, 0.2) is 10.9 Å². The van der Waals surface area contributed by atoms with Gasteiger partial charge in [0.1, 0.15) is 0 Å². The third-order valence-corrected chi connectivity index (χ3v) is 3.10. The minimum absolute atomic E-state index is 0. The Morgan fingerprint density at radius 1 is 1.47 bits per heavy atom. The lowest BCUT2D eigenvalue weighted by molar-refractivity contribution is 0.259. The zero-order chi connectivity index (χ0) is 10.6. The highest BCUT2D eigenvalue weighted by molar-refractivity contribution is 7.07. The van der Waals surface area contributed by atoms with E-state index in [4.69, 9.17) is 0 Å². The van der Waals surface area contributed by atoms with Gasteiger partial charge in [0, 0.05) is 18.0 Å². The van der Waals surface area contributed by atoms with Crippen molar-refractivity contribution in [3.8, 4) is 0 Å². The van der Waals surface area contributed by atoms with E-state index < -0.39 is 0 Å². The van der Waals surface area contributed by atoms with Crippen LogP contribution >= 0.6 is 23.7 Å². The van der Waals surface area contributed by atoms with Crippen LogP contribution in [0.2, 0.25) is 0 Å². The summed E-state index contributed by atoms with van der Waals surface area (Å²) in [5.41, 5.74) is 3.36. The highest BCUT2D eigenvalue weighted by Gasteiger charge is 2.22. The van der Waals surface area contributed by atoms with E-state index in [1.165, 1.54) is 0 Å². The van der Waals surface area contributed by atoms with Crippen molar-refractivity contribution in [2.45, 2.75) is 46.7 Å². The summed E-state index contributed by atoms with van der Waals surface area (Å²) >= 11 is 1.66. The number of rotatable bonds is 4. The van der Waals surface area contributed by atoms with E-state index in [2.05, 4.69) is 43.4 Å². The van der Waals surface area contributed by atoms with Crippen LogP contribution in [0.1, 0.15) is 39.8 Å². The first-order chi connectivity index (χ1) is 6.54. The topological polar surface area (TPSA) is 24.9 Å². The van der Waals surface area contributed by atoms with E-state index in [0.29, 0.717) is 11.5 Å². The number of nitrogens with zero attached hydrogens (tertiary/aromatic N) is 1. The summed E-state index contributed by atoms with van der Waals surface area (Å²) in [5.74, 6) is 0. The predicted octanol–water partition coefficient (Wildman–Crippen LogP) is 3.48. The summed E-state index contributed by atoms with van der Waals surface area (Å²) in [5, 5.41) is 5.66. The van der Waals surface area contributed by atoms with Gasteiger partial charge in [-0.3, -0.25) is 0 Å². The molecule has 0 bridgehead atoms. The summed E-state index contributed by atoms with van der Waals surface area (Å²) < 4.78 is 0. The van der Waals surface area contributed by atoms with E-state index in [-0.39, 0.29) is 12.4 Å². The Labute approximate surface area is 103 Å². The van der Waals surface area contributed by atoms with E-state index >= 15 is 0 Å². The molecule has 1 unspecified atom stereocenters. The van der Waals surface area contributed by atoms with Crippen LogP contribution in [-0.4, -0.2) is 11.0 Å². The lowest BCUT2D eigenvalue weighted by atomic mass is 9.85. The molecule has 0 saturated heterocycles. The molecular weight excluding hydrogens is 228 g/mol. The summed E-state index contributed by atoms with van der Waals surface area (Å²) in [6.07, 6.45) is 1.16. The van der Waals surface area contributed by atoms with Crippen LogP contribution in [-0.2, 0) is 6.54 Å². The van der Waals surface area contributed by atoms with Gasteiger partial charge in [0.2, 0.25) is 0 Å². The molecule has 0 aromatic carbocycles. The highest BCUT2D eigenvalue weighted by atomic mass is 35.5. The zero-order valence-electron chi connectivity index (χ0n) is 9.91. The average Bonchev–Trinajstić information content (AvgIpc) is 2.55. The van der Waals surface area contributed by atoms with Crippen molar-refractivity contribution in [1.29, 1.82) is 0 Å². The molecule has 0 spiro atoms. The first-order valence-corrected chi connectivity index (χ1v) is 6.08. The second-order valence-corrected chi connectivity index (χ2v) is 5.41. The average molecular weight is 249 g/mol. The molecule has 15 heavy (non-hydrogen) atoms. The largest absolute Gasteiger partial charge is 0.308 e. The minimum Gasteiger partial charge on any atom is -0.308 e. The first kappa shape index (κ1) is 14.9. The lowest BCUT2D eigenvalue weighted by Gasteiger charge is -2.30. The fourth-order valence-electron chi connectivity index (χ4n) is 1.62. The molecule has 1 rings (SSSR count). The molecule has 0 fully saturated rings. The molecule has 0 aliphatic rings. The molecule has 1 N–H and O–H groups in total. The Morgan fingerprint density at radius 3 is 2.53 bits per heavy atom. The van der Waals surface area contributed by atoms with Crippen LogP contribution in [0.25, 0.3) is 0 Å². The Kier molecular flexibility index (Phi) is 6.41. The molecule has 1 heterocycles. The van der Waals surface area contributed by atoms with Crippen molar-refractivity contribution in [2.75, 3.05) is 0 Å². The van der Waals surface area contributed by atoms with E-state index in [1.54, 1.807) is 11.3 Å². The number of thiazole rings is 1. The van der Waals surface area contributed by atoms with Crippen molar-refractivity contribution in [1.82, 2.24) is 10.3 Å². The SMILES string of the molecule is CCC(NCc1cscn1)C(C)(C)C.Cl. The van der Waals surface area contributed by atoms with Gasteiger partial charge in [-0.2, -0.15) is 0 Å². The minimum atomic E-state index is 0. The Bertz CT molecular complexity index is 254. The molecule has 1 atom stereocenters. The zero-order valence-corrected chi connectivity index (χ0v) is 11.5. The maximum Gasteiger partial charge on any atom is 0.0795 e. The van der Waals surface area contributed by atoms with Crippen LogP contribution in [0.5, 0.6) is 0 Å². The molecular formula is C11H21ClN2S. The molecule has 0 amide bonds. The number of aromatic nitrogens is 1. The van der Waals surface area contributed by atoms with Crippen molar-refractivity contribution < 1.29 is 0 Å². The van der Waals surface area contributed by atoms with Crippen LogP contribution < -0.4 is 5.32 Å². The molecule has 1 aromatic rings. The van der Waals surface area contributed by atoms with Gasteiger partial charge in [-0.25, -0.2) is 4.98 Å². The van der Waals surface area contributed by atoms with Gasteiger partial charge >= 0.3 is 0 Å². The lowest BCUT2D eigenvalue weighted by Crippen LogP contribution is -2.39. The van der Waals surface area contributed by atoms with Crippen molar-refractivity contribution in [3.63, 3.8) is 0 Å². The van der Waals surface area contributed by atoms with Crippen LogP contribution in [0.4, 0.5) is 0 Å². The number of hydrogen-bond acceptors (Lipinski definition) is 3. The Balaban J connectivity index is 0.00000196. The number of nitrogens with one attached hydrogen (secondary N) is 1. The molecule has 0 radical (unpaired) electrons. The Morgan fingerprint density at radius 2 is 2.13 bits per heavy atom. The fraction of sp³-hybridized carbons (Fsp3) is 0.727. The fourth-order valence-corrected chi connectivity index (χ4v) is 2.17. The molecule has 0 aliphatic carbocycles. The van der Waals surface area contributed by atoms with Gasteiger partial charge in [0.05, 0.1) is 11.2 Å². The molecule has 2 nitrogen and oxygen atoms in total. The molecule has 1 aromatic heterocycles. The second-order valence-electron chi connectivity index (χ2n) is 4.69. The second kappa shape index (κ2) is 6.46. The molecule has 4 heteroatoms. The predicted molar refractivity (Wildman–Crippen MR) is 69.7 cm³/mol. The summed E-state index contributed by atoms with van der Waals surface area (Å²) in [7, 11) is 0. The van der Waals surface area contributed by atoms with Gasteiger partial charge in [0.25, 0.3) is 0 Å². The maximum atomic E-state index is 4.26. The van der Waals surface area contributed by atoms with Gasteiger partial charge in [-0.15, -0.1) is 23.7 Å². The van der Waals surface area contributed by atoms with E-state index in [0.717, 1.165) is 18.7 Å². The molecule has 0 aliphatic heterocycles. The van der Waals surface area contributed by atoms with Crippen molar-refractivity contribution >= 4 is 23.7 Å². The third kappa shape index (κ3) is 4.96. The third-order valence-electron chi connectivity index (χ3n) is 2.47. The first-order valence-electron chi connectivity index (χ1n) is 5.14. The van der Waals surface area contributed by atoms with Gasteiger partial charge < -0.3 is 5.32 Å². The van der Waals surface area contributed by atoms with Gasteiger partial charge in [0.15, 0.2) is 0 Å². The van der Waals surface area contributed by atoms with E-state index in [1.807, 2.05) is 5.51 Å². The number of halogens is 1. The normalized spacial score (nSPS) is 13.3. The van der Waals surface area contributed by atoms with Crippen molar-refractivity contribution in [3.05, 3.63) is 16.6 Å². The van der Waals surface area contributed by atoms with Crippen LogP contribution in [0.3, 0.4) is 0 Å². The van der Waals surface area contributed by atoms with Gasteiger partial charge in [-0.1, -0.05) is 27.7 Å². The maximum absolute atomic E-state index is 4.26.